The minimum absolute atomic E-state index is 0.0448. The summed E-state index contributed by atoms with van der Waals surface area (Å²) in [4.78, 5) is 12.6. The number of hydrogen-bond donors (Lipinski definition) is 1. The number of nitrogens with one attached hydrogen (secondary N) is 1. The first-order valence-corrected chi connectivity index (χ1v) is 10.2. The molecule has 0 amide bonds. The summed E-state index contributed by atoms with van der Waals surface area (Å²) >= 11 is 6.07. The Bertz CT molecular complexity index is 1270. The zero-order valence-electron chi connectivity index (χ0n) is 15.1. The maximum Gasteiger partial charge on any atom is 0.269 e. The van der Waals surface area contributed by atoms with Crippen LogP contribution in [0, 0.1) is 6.92 Å². The van der Waals surface area contributed by atoms with Crippen molar-refractivity contribution in [3.8, 4) is 11.1 Å². The van der Waals surface area contributed by atoms with Gasteiger partial charge in [-0.15, -0.1) is 0 Å². The van der Waals surface area contributed by atoms with Crippen molar-refractivity contribution >= 4 is 38.5 Å². The fourth-order valence-corrected chi connectivity index (χ4v) is 4.49. The summed E-state index contributed by atoms with van der Waals surface area (Å²) in [6, 6.07) is 10.2. The topological polar surface area (TPSA) is 89.8 Å². The highest BCUT2D eigenvalue weighted by Crippen LogP contribution is 2.36. The molecule has 0 spiro atoms. The Balaban J connectivity index is 2.07. The lowest BCUT2D eigenvalue weighted by Crippen LogP contribution is -2.13. The van der Waals surface area contributed by atoms with Gasteiger partial charge in [-0.3, -0.25) is 4.98 Å². The van der Waals surface area contributed by atoms with E-state index in [1.807, 2.05) is 6.92 Å². The second-order valence-electron chi connectivity index (χ2n) is 6.18. The van der Waals surface area contributed by atoms with Crippen molar-refractivity contribution in [1.29, 1.82) is 0 Å². The smallest absolute Gasteiger partial charge is 0.269 e. The van der Waals surface area contributed by atoms with Gasteiger partial charge in [0, 0.05) is 31.2 Å². The van der Waals surface area contributed by atoms with Crippen molar-refractivity contribution in [1.82, 2.24) is 18.9 Å². The molecule has 0 saturated carbocycles. The Morgan fingerprint density at radius 2 is 1.71 bits per heavy atom. The zero-order valence-corrected chi connectivity index (χ0v) is 16.7. The monoisotopic (exact) mass is 413 g/mol. The van der Waals surface area contributed by atoms with Crippen LogP contribution in [0.25, 0.3) is 22.2 Å². The van der Waals surface area contributed by atoms with Crippen LogP contribution in [0.5, 0.6) is 0 Å². The van der Waals surface area contributed by atoms with Crippen LogP contribution >= 0.6 is 11.6 Å². The Morgan fingerprint density at radius 1 is 1.04 bits per heavy atom. The first kappa shape index (κ1) is 18.4. The number of anilines is 1. The Kier molecular flexibility index (Phi) is 4.52. The summed E-state index contributed by atoms with van der Waals surface area (Å²) in [7, 11) is -2.19. The molecule has 4 rings (SSSR count). The fourth-order valence-electron chi connectivity index (χ4n) is 3.01. The van der Waals surface area contributed by atoms with E-state index in [9.17, 15) is 8.42 Å². The molecule has 9 heteroatoms. The summed E-state index contributed by atoms with van der Waals surface area (Å²) in [5.74, 6) is 0.444. The number of benzene rings is 1. The van der Waals surface area contributed by atoms with Crippen molar-refractivity contribution in [2.75, 3.05) is 12.4 Å². The van der Waals surface area contributed by atoms with Crippen LogP contribution in [0.2, 0.25) is 5.28 Å². The maximum absolute atomic E-state index is 13.3. The molecule has 0 bridgehead atoms. The van der Waals surface area contributed by atoms with Crippen LogP contribution in [0.3, 0.4) is 0 Å². The van der Waals surface area contributed by atoms with E-state index in [4.69, 9.17) is 11.6 Å². The summed E-state index contributed by atoms with van der Waals surface area (Å²) in [5, 5.41) is 3.49. The van der Waals surface area contributed by atoms with Crippen LogP contribution < -0.4 is 5.32 Å². The van der Waals surface area contributed by atoms with E-state index in [2.05, 4.69) is 20.3 Å². The Labute approximate surface area is 167 Å². The molecule has 0 aliphatic heterocycles. The standard InChI is InChI=1S/C19H16ClN5O2S/c1-12-3-5-14(6-4-12)28(26,27)25-11-15(13-7-9-22-10-8-13)16-17(21-2)23-19(20)24-18(16)25/h3-11H,1-2H3,(H,21,23,24). The highest BCUT2D eigenvalue weighted by Gasteiger charge is 2.25. The van der Waals surface area contributed by atoms with Gasteiger partial charge in [-0.05, 0) is 48.4 Å². The van der Waals surface area contributed by atoms with Gasteiger partial charge in [0.1, 0.15) is 5.82 Å². The molecular formula is C19H16ClN5O2S. The van der Waals surface area contributed by atoms with Gasteiger partial charge in [0.05, 0.1) is 10.3 Å². The van der Waals surface area contributed by atoms with E-state index in [1.165, 1.54) is 0 Å². The third kappa shape index (κ3) is 3.00. The molecular weight excluding hydrogens is 398 g/mol. The van der Waals surface area contributed by atoms with Crippen molar-refractivity contribution in [2.24, 2.45) is 0 Å². The molecule has 7 nitrogen and oxygen atoms in total. The molecule has 0 atom stereocenters. The van der Waals surface area contributed by atoms with Crippen LogP contribution in [-0.4, -0.2) is 34.4 Å². The highest BCUT2D eigenvalue weighted by atomic mass is 35.5. The number of aryl methyl sites for hydroxylation is 1. The second-order valence-corrected chi connectivity index (χ2v) is 8.34. The van der Waals surface area contributed by atoms with Gasteiger partial charge in [0.25, 0.3) is 10.0 Å². The molecule has 142 valence electrons. The number of pyridine rings is 1. The van der Waals surface area contributed by atoms with E-state index in [-0.39, 0.29) is 15.8 Å². The van der Waals surface area contributed by atoms with Crippen LogP contribution in [0.1, 0.15) is 5.56 Å². The highest BCUT2D eigenvalue weighted by molar-refractivity contribution is 7.90. The van der Waals surface area contributed by atoms with Crippen LogP contribution in [0.4, 0.5) is 5.82 Å². The second kappa shape index (κ2) is 6.88. The molecule has 1 N–H and O–H groups in total. The third-order valence-corrected chi connectivity index (χ3v) is 6.23. The molecule has 0 aliphatic carbocycles. The van der Waals surface area contributed by atoms with Crippen molar-refractivity contribution in [3.05, 3.63) is 65.8 Å². The maximum atomic E-state index is 13.3. The molecule has 0 fully saturated rings. The van der Waals surface area contributed by atoms with E-state index < -0.39 is 10.0 Å². The molecule has 0 aliphatic rings. The van der Waals surface area contributed by atoms with Crippen molar-refractivity contribution in [2.45, 2.75) is 11.8 Å². The first-order valence-electron chi connectivity index (χ1n) is 8.41. The lowest BCUT2D eigenvalue weighted by Gasteiger charge is -2.08. The summed E-state index contributed by atoms with van der Waals surface area (Å²) < 4.78 is 27.8. The minimum Gasteiger partial charge on any atom is -0.372 e. The summed E-state index contributed by atoms with van der Waals surface area (Å²) in [6.45, 7) is 1.90. The number of aromatic nitrogens is 4. The van der Waals surface area contributed by atoms with E-state index in [0.29, 0.717) is 16.8 Å². The largest absolute Gasteiger partial charge is 0.372 e. The number of hydrogen-bond acceptors (Lipinski definition) is 6. The predicted octanol–water partition coefficient (Wildman–Crippen LogP) is 3.73. The van der Waals surface area contributed by atoms with Gasteiger partial charge in [0.2, 0.25) is 5.28 Å². The summed E-state index contributed by atoms with van der Waals surface area (Å²) in [6.07, 6.45) is 4.83. The molecule has 28 heavy (non-hydrogen) atoms. The quantitative estimate of drug-likeness (QED) is 0.512. The van der Waals surface area contributed by atoms with Gasteiger partial charge >= 0.3 is 0 Å². The van der Waals surface area contributed by atoms with Crippen LogP contribution in [0.15, 0.2) is 59.9 Å². The van der Waals surface area contributed by atoms with Gasteiger partial charge in [-0.25, -0.2) is 17.4 Å². The van der Waals surface area contributed by atoms with Crippen LogP contribution in [-0.2, 0) is 10.0 Å². The zero-order chi connectivity index (χ0) is 19.9. The molecule has 0 saturated heterocycles. The number of rotatable bonds is 4. The third-order valence-electron chi connectivity index (χ3n) is 4.39. The number of fused-ring (bicyclic) bond motifs is 1. The number of halogens is 1. The van der Waals surface area contributed by atoms with E-state index in [1.54, 1.807) is 62.0 Å². The molecule has 3 heterocycles. The fraction of sp³-hybridized carbons (Fsp3) is 0.105. The van der Waals surface area contributed by atoms with Gasteiger partial charge < -0.3 is 5.32 Å². The Morgan fingerprint density at radius 3 is 2.36 bits per heavy atom. The lowest BCUT2D eigenvalue weighted by molar-refractivity contribution is 0.589. The van der Waals surface area contributed by atoms with Gasteiger partial charge in [-0.1, -0.05) is 17.7 Å². The average Bonchev–Trinajstić information content (AvgIpc) is 3.08. The first-order chi connectivity index (χ1) is 13.4. The normalized spacial score (nSPS) is 11.7. The lowest BCUT2D eigenvalue weighted by atomic mass is 10.1. The molecule has 4 aromatic rings. The molecule has 1 aromatic carbocycles. The Hall–Kier alpha value is -2.97. The SMILES string of the molecule is CNc1nc(Cl)nc2c1c(-c1ccncc1)cn2S(=O)(=O)c1ccc(C)cc1. The predicted molar refractivity (Wildman–Crippen MR) is 109 cm³/mol. The summed E-state index contributed by atoms with van der Waals surface area (Å²) in [5.41, 5.74) is 2.63. The minimum atomic E-state index is -3.89. The molecule has 0 unspecified atom stereocenters. The molecule has 0 radical (unpaired) electrons. The average molecular weight is 414 g/mol. The van der Waals surface area contributed by atoms with Crippen molar-refractivity contribution in [3.63, 3.8) is 0 Å². The molecule has 3 aromatic heterocycles. The van der Waals surface area contributed by atoms with Gasteiger partial charge in [0.15, 0.2) is 5.65 Å². The number of nitrogens with zero attached hydrogens (tertiary/aromatic N) is 4. The van der Waals surface area contributed by atoms with E-state index in [0.717, 1.165) is 15.1 Å². The van der Waals surface area contributed by atoms with E-state index >= 15 is 0 Å². The van der Waals surface area contributed by atoms with Gasteiger partial charge in [-0.2, -0.15) is 4.98 Å². The van der Waals surface area contributed by atoms with Crippen molar-refractivity contribution < 1.29 is 8.42 Å².